The first-order valence-electron chi connectivity index (χ1n) is 17.0. The molecule has 0 saturated carbocycles. The molecule has 5 heterocycles. The fourth-order valence-electron chi connectivity index (χ4n) is 6.91. The zero-order valence-corrected chi connectivity index (χ0v) is 29.5. The number of oxime groups is 1. The number of nitrogens with zero attached hydrogens (tertiary/aromatic N) is 5. The molecule has 280 valence electrons. The Kier molecular flexibility index (Phi) is 10.6. The van der Waals surface area contributed by atoms with Crippen LogP contribution in [0, 0.1) is 23.4 Å². The van der Waals surface area contributed by atoms with Crippen molar-refractivity contribution in [1.29, 1.82) is 0 Å². The van der Waals surface area contributed by atoms with Gasteiger partial charge in [0.25, 0.3) is 0 Å². The van der Waals surface area contributed by atoms with Crippen LogP contribution in [0.4, 0.5) is 18.0 Å². The molecule has 3 fully saturated rings. The number of likely N-dealkylation sites (tertiary alicyclic amines) is 1. The van der Waals surface area contributed by atoms with E-state index in [0.29, 0.717) is 38.8 Å². The highest BCUT2D eigenvalue weighted by molar-refractivity contribution is 5.88. The highest BCUT2D eigenvalue weighted by Gasteiger charge is 2.54. The second kappa shape index (κ2) is 14.7. The molecule has 0 bridgehead atoms. The van der Waals surface area contributed by atoms with Crippen molar-refractivity contribution in [3.63, 3.8) is 0 Å². The quantitative estimate of drug-likeness (QED) is 0.279. The minimum Gasteiger partial charge on any atom is -0.467 e. The molecule has 1 aromatic carbocycles. The summed E-state index contributed by atoms with van der Waals surface area (Å²) >= 11 is 0. The van der Waals surface area contributed by atoms with Gasteiger partial charge in [0.05, 0.1) is 31.7 Å². The number of esters is 1. The highest BCUT2D eigenvalue weighted by atomic mass is 19.2. The molecule has 17 heteroatoms. The normalized spacial score (nSPS) is 28.1. The Balaban J connectivity index is 1.21. The molecule has 0 N–H and O–H groups in total. The largest absolute Gasteiger partial charge is 0.467 e. The summed E-state index contributed by atoms with van der Waals surface area (Å²) in [5.41, 5.74) is 0.360. The van der Waals surface area contributed by atoms with Crippen molar-refractivity contribution in [2.24, 2.45) is 11.1 Å². The van der Waals surface area contributed by atoms with Gasteiger partial charge in [-0.3, -0.25) is 0 Å². The lowest BCUT2D eigenvalue weighted by molar-refractivity contribution is -0.352. The molecule has 6 atom stereocenters. The molecule has 4 aliphatic rings. The molecule has 0 aliphatic carbocycles. The van der Waals surface area contributed by atoms with E-state index in [9.17, 15) is 22.8 Å². The van der Waals surface area contributed by atoms with Crippen LogP contribution in [0.5, 0.6) is 0 Å². The Morgan fingerprint density at radius 3 is 2.47 bits per heavy atom. The van der Waals surface area contributed by atoms with Crippen LogP contribution in [0.25, 0.3) is 11.3 Å². The number of fused-ring (bicyclic) bond motifs is 1. The number of halogens is 3. The number of methoxy groups -OCH3 is 1. The molecule has 14 nitrogen and oxygen atoms in total. The predicted octanol–water partition coefficient (Wildman–Crippen LogP) is 4.56. The van der Waals surface area contributed by atoms with Gasteiger partial charge in [-0.1, -0.05) is 10.4 Å². The molecule has 1 aromatic heterocycles. The van der Waals surface area contributed by atoms with Crippen molar-refractivity contribution in [3.05, 3.63) is 35.8 Å². The van der Waals surface area contributed by atoms with E-state index in [1.54, 1.807) is 18.7 Å². The zero-order valence-electron chi connectivity index (χ0n) is 29.5. The molecule has 4 aliphatic heterocycles. The van der Waals surface area contributed by atoms with E-state index >= 15 is 0 Å². The number of hydrogen-bond acceptors (Lipinski definition) is 12. The monoisotopic (exact) mass is 723 g/mol. The average Bonchev–Trinajstić information content (AvgIpc) is 3.75. The van der Waals surface area contributed by atoms with E-state index in [0.717, 1.165) is 17.8 Å². The number of piperidine rings is 1. The molecular formula is C34H44F3N5O9. The van der Waals surface area contributed by atoms with Crippen LogP contribution in [0.2, 0.25) is 0 Å². The van der Waals surface area contributed by atoms with E-state index in [1.807, 2.05) is 20.8 Å². The Morgan fingerprint density at radius 1 is 1.10 bits per heavy atom. The number of carbonyl (C=O) groups excluding carboxylic acids is 2. The first-order valence-corrected chi connectivity index (χ1v) is 17.0. The van der Waals surface area contributed by atoms with Crippen molar-refractivity contribution < 1.29 is 56.0 Å². The molecule has 3 saturated heterocycles. The lowest BCUT2D eigenvalue weighted by Gasteiger charge is -2.51. The summed E-state index contributed by atoms with van der Waals surface area (Å²) < 4.78 is 78.8. The van der Waals surface area contributed by atoms with Gasteiger partial charge in [-0.25, -0.2) is 27.4 Å². The minimum absolute atomic E-state index is 0.0287. The average molecular weight is 724 g/mol. The lowest BCUT2D eigenvalue weighted by atomic mass is 9.86. The molecule has 0 unspecified atom stereocenters. The van der Waals surface area contributed by atoms with Crippen LogP contribution in [0.3, 0.4) is 0 Å². The van der Waals surface area contributed by atoms with Crippen LogP contribution in [-0.4, -0.2) is 113 Å². The van der Waals surface area contributed by atoms with Gasteiger partial charge in [0.1, 0.15) is 48.4 Å². The zero-order chi connectivity index (χ0) is 36.7. The summed E-state index contributed by atoms with van der Waals surface area (Å²) in [6.45, 7) is 9.82. The summed E-state index contributed by atoms with van der Waals surface area (Å²) in [5, 5.41) is 12.8. The SMILES string of the molecule is COC(=O)CO[C@@H]1[C@@H](n2cc(-c3cc(F)c(F)c(F)c3)nn2)[C@H]2OC(C)(C)OC[C@H]2O[C@@H]1C[C@H]1CC(C2CCN(C(=O)OC(C)(C)C)CC2)=NO1. The van der Waals surface area contributed by atoms with Gasteiger partial charge >= 0.3 is 12.1 Å². The molecule has 1 amide bonds. The minimum atomic E-state index is -1.59. The standard InChI is InChI=1S/C34H44F3N5O9/c1-33(2,3)50-32(44)41-9-7-18(8-10-41)23-13-20(51-39-23)14-25-30(46-17-27(43)45-6)29(31-26(48-25)16-47-34(4,5)49-31)42-15-24(38-40-42)19-11-21(35)28(37)22(36)12-19/h11-12,15,18,20,25-26,29-31H,7-10,13-14,16-17H2,1-6H3/t20-,25-,26-,29-,30+,31+/m1/s1. The smallest absolute Gasteiger partial charge is 0.410 e. The Bertz CT molecular complexity index is 1600. The van der Waals surface area contributed by atoms with Crippen molar-refractivity contribution in [1.82, 2.24) is 19.9 Å². The molecule has 51 heavy (non-hydrogen) atoms. The van der Waals surface area contributed by atoms with E-state index < -0.39 is 78.0 Å². The molecule has 6 rings (SSSR count). The number of hydrogen-bond donors (Lipinski definition) is 0. The van der Waals surface area contributed by atoms with Gasteiger partial charge in [-0.05, 0) is 59.6 Å². The Labute approximate surface area is 293 Å². The maximum atomic E-state index is 14.1. The molecule has 0 spiro atoms. The van der Waals surface area contributed by atoms with Crippen LogP contribution < -0.4 is 0 Å². The molecule has 2 aromatic rings. The van der Waals surface area contributed by atoms with E-state index in [4.69, 9.17) is 33.3 Å². The summed E-state index contributed by atoms with van der Waals surface area (Å²) in [7, 11) is 1.24. The number of aromatic nitrogens is 3. The lowest BCUT2D eigenvalue weighted by Crippen LogP contribution is -2.63. The number of ether oxygens (including phenoxy) is 6. The third-order valence-corrected chi connectivity index (χ3v) is 9.36. The van der Waals surface area contributed by atoms with E-state index in [1.165, 1.54) is 18.0 Å². The topological polar surface area (TPSA) is 145 Å². The highest BCUT2D eigenvalue weighted by Crippen LogP contribution is 2.42. The summed E-state index contributed by atoms with van der Waals surface area (Å²) in [4.78, 5) is 32.5. The fourth-order valence-corrected chi connectivity index (χ4v) is 6.91. The van der Waals surface area contributed by atoms with Crippen molar-refractivity contribution in [3.8, 4) is 11.3 Å². The fraction of sp³-hybridized carbons (Fsp3) is 0.676. The van der Waals surface area contributed by atoms with Gasteiger partial charge < -0.3 is 38.2 Å². The van der Waals surface area contributed by atoms with Crippen LogP contribution in [0.15, 0.2) is 23.5 Å². The number of amides is 1. The van der Waals surface area contributed by atoms with Crippen molar-refractivity contribution in [2.45, 2.75) is 108 Å². The maximum absolute atomic E-state index is 14.1. The third-order valence-electron chi connectivity index (χ3n) is 9.36. The molecular weight excluding hydrogens is 679 g/mol. The number of benzene rings is 1. The van der Waals surface area contributed by atoms with Crippen molar-refractivity contribution >= 4 is 17.8 Å². The second-order valence-electron chi connectivity index (χ2n) is 14.7. The van der Waals surface area contributed by atoms with E-state index in [-0.39, 0.29) is 29.9 Å². The van der Waals surface area contributed by atoms with Gasteiger partial charge in [0.2, 0.25) is 0 Å². The Hall–Kier alpha value is -3.80. The van der Waals surface area contributed by atoms with Gasteiger partial charge in [-0.2, -0.15) is 0 Å². The predicted molar refractivity (Wildman–Crippen MR) is 172 cm³/mol. The van der Waals surface area contributed by atoms with Gasteiger partial charge in [0, 0.05) is 37.4 Å². The Morgan fingerprint density at radius 2 is 1.80 bits per heavy atom. The van der Waals surface area contributed by atoms with Crippen LogP contribution >= 0.6 is 0 Å². The first kappa shape index (κ1) is 37.0. The third kappa shape index (κ3) is 8.47. The van der Waals surface area contributed by atoms with Gasteiger partial charge in [0.15, 0.2) is 23.2 Å². The summed E-state index contributed by atoms with van der Waals surface area (Å²) in [6.07, 6.45) is 0.0481. The number of rotatable bonds is 8. The summed E-state index contributed by atoms with van der Waals surface area (Å²) in [5.74, 6) is -5.85. The maximum Gasteiger partial charge on any atom is 0.410 e. The van der Waals surface area contributed by atoms with Crippen LogP contribution in [0.1, 0.15) is 66.3 Å². The van der Waals surface area contributed by atoms with E-state index in [2.05, 4.69) is 15.5 Å². The molecule has 0 radical (unpaired) electrons. The van der Waals surface area contributed by atoms with Gasteiger partial charge in [-0.15, -0.1) is 5.10 Å². The summed E-state index contributed by atoms with van der Waals surface area (Å²) in [6, 6.07) is 0.882. The second-order valence-corrected chi connectivity index (χ2v) is 14.7. The number of carbonyl (C=O) groups is 2. The van der Waals surface area contributed by atoms with Crippen LogP contribution in [-0.2, 0) is 38.1 Å². The van der Waals surface area contributed by atoms with Crippen molar-refractivity contribution in [2.75, 3.05) is 33.4 Å². The first-order chi connectivity index (χ1) is 24.1.